The lowest BCUT2D eigenvalue weighted by Crippen LogP contribution is -2.34. The van der Waals surface area contributed by atoms with Crippen molar-refractivity contribution in [3.05, 3.63) is 71.6 Å². The third-order valence-corrected chi connectivity index (χ3v) is 5.83. The lowest BCUT2D eigenvalue weighted by Gasteiger charge is -2.25. The normalized spacial score (nSPS) is 19.0. The first kappa shape index (κ1) is 23.9. The van der Waals surface area contributed by atoms with E-state index in [0.717, 1.165) is 36.8 Å². The molecule has 0 aliphatic carbocycles. The Kier molecular flexibility index (Phi) is 8.15. The van der Waals surface area contributed by atoms with Crippen LogP contribution in [0.15, 0.2) is 54.9 Å². The van der Waals surface area contributed by atoms with Gasteiger partial charge < -0.3 is 25.7 Å². The van der Waals surface area contributed by atoms with Crippen LogP contribution in [0.25, 0.3) is 0 Å². The molecule has 2 aliphatic heterocycles. The number of hydrogen-bond acceptors (Lipinski definition) is 6. The molecule has 4 rings (SSSR count). The van der Waals surface area contributed by atoms with Gasteiger partial charge in [-0.05, 0) is 36.5 Å². The van der Waals surface area contributed by atoms with Crippen molar-refractivity contribution in [3.8, 4) is 0 Å². The van der Waals surface area contributed by atoms with Gasteiger partial charge in [-0.15, -0.1) is 0 Å². The second-order valence-corrected chi connectivity index (χ2v) is 8.02. The number of anilines is 1. The number of aryl methyl sites for hydroxylation is 1. The van der Waals surface area contributed by atoms with Gasteiger partial charge in [-0.3, -0.25) is 9.78 Å². The summed E-state index contributed by atoms with van der Waals surface area (Å²) in [4.78, 5) is 38.4. The van der Waals surface area contributed by atoms with E-state index in [-0.39, 0.29) is 5.91 Å². The summed E-state index contributed by atoms with van der Waals surface area (Å²) >= 11 is 0. The van der Waals surface area contributed by atoms with Gasteiger partial charge in [-0.1, -0.05) is 24.3 Å². The number of carboxylic acids is 2. The van der Waals surface area contributed by atoms with Crippen LogP contribution < -0.4 is 15.5 Å². The van der Waals surface area contributed by atoms with E-state index in [9.17, 15) is 14.4 Å². The van der Waals surface area contributed by atoms with Crippen molar-refractivity contribution in [3.63, 3.8) is 0 Å². The van der Waals surface area contributed by atoms with Gasteiger partial charge in [0.25, 0.3) is 5.91 Å². The van der Waals surface area contributed by atoms with Crippen LogP contribution >= 0.6 is 0 Å². The summed E-state index contributed by atoms with van der Waals surface area (Å²) in [6.45, 7) is 5.77. The predicted molar refractivity (Wildman–Crippen MR) is 123 cm³/mol. The Morgan fingerprint density at radius 3 is 2.58 bits per heavy atom. The molecule has 9 nitrogen and oxygen atoms in total. The number of aliphatic carboxylic acids is 2. The summed E-state index contributed by atoms with van der Waals surface area (Å²) in [6.07, 6.45) is 5.85. The highest BCUT2D eigenvalue weighted by Crippen LogP contribution is 2.31. The van der Waals surface area contributed by atoms with Gasteiger partial charge in [-0.2, -0.15) is 0 Å². The molecule has 0 unspecified atom stereocenters. The zero-order chi connectivity index (χ0) is 23.8. The average molecular weight is 453 g/mol. The Labute approximate surface area is 192 Å². The first-order chi connectivity index (χ1) is 15.8. The third kappa shape index (κ3) is 6.63. The molecule has 0 saturated carbocycles. The van der Waals surface area contributed by atoms with Crippen molar-refractivity contribution in [1.29, 1.82) is 0 Å². The summed E-state index contributed by atoms with van der Waals surface area (Å²) in [5.41, 5.74) is 4.01. The molecule has 2 aliphatic rings. The summed E-state index contributed by atoms with van der Waals surface area (Å²) in [5.74, 6) is -1.86. The van der Waals surface area contributed by atoms with Crippen molar-refractivity contribution in [2.45, 2.75) is 25.9 Å². The number of hydrogen-bond donors (Lipinski definition) is 4. The monoisotopic (exact) mass is 452 g/mol. The van der Waals surface area contributed by atoms with Crippen molar-refractivity contribution >= 4 is 23.5 Å². The van der Waals surface area contributed by atoms with Gasteiger partial charge in [0.1, 0.15) is 0 Å². The van der Waals surface area contributed by atoms with Crippen LogP contribution in [-0.2, 0) is 16.1 Å². The van der Waals surface area contributed by atoms with E-state index in [1.165, 1.54) is 12.0 Å². The Hall–Kier alpha value is -3.72. The fourth-order valence-electron chi connectivity index (χ4n) is 4.11. The van der Waals surface area contributed by atoms with Crippen LogP contribution in [0.1, 0.15) is 27.9 Å². The highest BCUT2D eigenvalue weighted by atomic mass is 16.4. The maximum absolute atomic E-state index is 12.5. The Bertz CT molecular complexity index is 1020. The van der Waals surface area contributed by atoms with E-state index in [1.54, 1.807) is 6.20 Å². The van der Waals surface area contributed by atoms with E-state index in [0.29, 0.717) is 30.3 Å². The van der Waals surface area contributed by atoms with Gasteiger partial charge in [0.15, 0.2) is 0 Å². The van der Waals surface area contributed by atoms with Crippen LogP contribution in [0, 0.1) is 12.8 Å². The molecule has 0 bridgehead atoms. The molecule has 9 heteroatoms. The molecular formula is C24H28N4O5. The van der Waals surface area contributed by atoms with Crippen LogP contribution in [0.2, 0.25) is 0 Å². The minimum Gasteiger partial charge on any atom is -0.478 e. The number of nitrogens with zero attached hydrogens (tertiary/aromatic N) is 2. The first-order valence-electron chi connectivity index (χ1n) is 10.7. The lowest BCUT2D eigenvalue weighted by molar-refractivity contribution is -0.134. The zero-order valence-corrected chi connectivity index (χ0v) is 18.4. The van der Waals surface area contributed by atoms with Crippen molar-refractivity contribution in [2.24, 2.45) is 5.92 Å². The Balaban J connectivity index is 0.000000331. The van der Waals surface area contributed by atoms with Gasteiger partial charge >= 0.3 is 11.9 Å². The molecule has 4 N–H and O–H groups in total. The summed E-state index contributed by atoms with van der Waals surface area (Å²) in [5, 5.41) is 22.1. The fourth-order valence-corrected chi connectivity index (χ4v) is 4.11. The predicted octanol–water partition coefficient (Wildman–Crippen LogP) is 1.83. The third-order valence-electron chi connectivity index (χ3n) is 5.83. The van der Waals surface area contributed by atoms with Gasteiger partial charge in [-0.25, -0.2) is 9.59 Å². The number of carbonyl (C=O) groups is 3. The highest BCUT2D eigenvalue weighted by molar-refractivity contribution is 5.94. The fraction of sp³-hybridized carbons (Fsp3) is 0.333. The maximum atomic E-state index is 12.5. The minimum absolute atomic E-state index is 0.0714. The van der Waals surface area contributed by atoms with Crippen LogP contribution in [0.4, 0.5) is 5.69 Å². The van der Waals surface area contributed by atoms with E-state index in [4.69, 9.17) is 10.2 Å². The summed E-state index contributed by atoms with van der Waals surface area (Å²) < 4.78 is 0. The second kappa shape index (κ2) is 11.2. The maximum Gasteiger partial charge on any atom is 0.328 e. The number of nitrogens with one attached hydrogen (secondary N) is 2. The van der Waals surface area contributed by atoms with E-state index < -0.39 is 11.9 Å². The van der Waals surface area contributed by atoms with E-state index >= 15 is 0 Å². The van der Waals surface area contributed by atoms with E-state index in [1.807, 2.05) is 30.5 Å². The number of benzene rings is 1. The standard InChI is InChI=1S/C20H24N4O.C4H4O4/c1-14-4-2-3-5-15(14)11-23-20(25)17-8-18(12-21-10-17)24-7-6-16-9-22-13-19(16)24;5-3(6)1-2-4(7)8/h2-5,8,10,12,16,19,22H,6-7,9,11,13H2,1H3,(H,23,25);1-2H,(H,5,6)(H,7,8)/b;2-1+/t16-,19+;/m0./s1. The molecule has 2 atom stereocenters. The highest BCUT2D eigenvalue weighted by Gasteiger charge is 2.37. The molecule has 2 aromatic rings. The first-order valence-corrected chi connectivity index (χ1v) is 10.7. The molecule has 0 radical (unpaired) electrons. The molecule has 33 heavy (non-hydrogen) atoms. The zero-order valence-electron chi connectivity index (χ0n) is 18.4. The number of amides is 1. The second-order valence-electron chi connectivity index (χ2n) is 8.02. The molecule has 1 amide bonds. The number of carboxylic acid groups (broad SMARTS) is 2. The largest absolute Gasteiger partial charge is 0.478 e. The quantitative estimate of drug-likeness (QED) is 0.488. The van der Waals surface area contributed by atoms with Crippen LogP contribution in [0.3, 0.4) is 0 Å². The number of fused-ring (bicyclic) bond motifs is 1. The molecular weight excluding hydrogens is 424 g/mol. The molecule has 3 heterocycles. The van der Waals surface area contributed by atoms with Gasteiger partial charge in [0, 0.05) is 50.6 Å². The van der Waals surface area contributed by atoms with Crippen LogP contribution in [-0.4, -0.2) is 58.7 Å². The topological polar surface area (TPSA) is 132 Å². The van der Waals surface area contributed by atoms with Crippen molar-refractivity contribution in [2.75, 3.05) is 24.5 Å². The molecule has 1 aromatic heterocycles. The molecule has 174 valence electrons. The Morgan fingerprint density at radius 2 is 1.88 bits per heavy atom. The van der Waals surface area contributed by atoms with Crippen molar-refractivity contribution in [1.82, 2.24) is 15.6 Å². The average Bonchev–Trinajstić information content (AvgIpc) is 3.41. The molecule has 0 spiro atoms. The smallest absolute Gasteiger partial charge is 0.328 e. The molecule has 2 saturated heterocycles. The minimum atomic E-state index is -1.26. The van der Waals surface area contributed by atoms with Gasteiger partial charge in [0.2, 0.25) is 0 Å². The van der Waals surface area contributed by atoms with Crippen LogP contribution in [0.5, 0.6) is 0 Å². The van der Waals surface area contributed by atoms with Crippen molar-refractivity contribution < 1.29 is 24.6 Å². The lowest BCUT2D eigenvalue weighted by atomic mass is 10.1. The van der Waals surface area contributed by atoms with Gasteiger partial charge in [0.05, 0.1) is 17.4 Å². The Morgan fingerprint density at radius 1 is 1.15 bits per heavy atom. The number of rotatable bonds is 6. The molecule has 2 fully saturated rings. The number of carbonyl (C=O) groups excluding carboxylic acids is 1. The summed E-state index contributed by atoms with van der Waals surface area (Å²) in [6, 6.07) is 10.6. The summed E-state index contributed by atoms with van der Waals surface area (Å²) in [7, 11) is 0. The molecule has 1 aromatic carbocycles. The number of aromatic nitrogens is 1. The number of pyridine rings is 1. The SMILES string of the molecule is Cc1ccccc1CNC(=O)c1cncc(N2CC[C@H]3CNC[C@H]32)c1.O=C(O)/C=C/C(=O)O. The van der Waals surface area contributed by atoms with E-state index in [2.05, 4.69) is 33.5 Å².